The lowest BCUT2D eigenvalue weighted by atomic mass is 9.77. The number of hydrogen-bond acceptors (Lipinski definition) is 3. The van der Waals surface area contributed by atoms with Gasteiger partial charge in [-0.3, -0.25) is 14.7 Å². The molecule has 4 heteroatoms. The van der Waals surface area contributed by atoms with Gasteiger partial charge in [0.2, 0.25) is 5.91 Å². The van der Waals surface area contributed by atoms with Gasteiger partial charge in [0.05, 0.1) is 0 Å². The maximum Gasteiger partial charge on any atom is 0.223 e. The Hall–Kier alpha value is -2.20. The Bertz CT molecular complexity index is 749. The van der Waals surface area contributed by atoms with E-state index in [1.54, 1.807) is 12.4 Å². The van der Waals surface area contributed by atoms with E-state index < -0.39 is 0 Å². The first-order valence-corrected chi connectivity index (χ1v) is 9.57. The number of carbonyl (C=O) groups excluding carboxylic acids is 1. The average Bonchev–Trinajstić information content (AvgIpc) is 2.95. The van der Waals surface area contributed by atoms with Crippen LogP contribution in [0.2, 0.25) is 0 Å². The fraction of sp³-hybridized carbons (Fsp3) is 0.455. The van der Waals surface area contributed by atoms with Crippen LogP contribution >= 0.6 is 0 Å². The maximum atomic E-state index is 12.6. The molecule has 0 bridgehead atoms. The van der Waals surface area contributed by atoms with Crippen LogP contribution in [0.4, 0.5) is 0 Å². The normalized spacial score (nSPS) is 20.0. The minimum atomic E-state index is 0.188. The van der Waals surface area contributed by atoms with E-state index >= 15 is 0 Å². The fourth-order valence-electron chi connectivity index (χ4n) is 4.31. The van der Waals surface area contributed by atoms with Crippen molar-refractivity contribution in [1.82, 2.24) is 14.8 Å². The standard InChI is InChI=1S/C22H27N3O/c1-18-2-4-19(5-3-18)15-24-12-8-22(9-13-24)14-21(26)25(17-22)16-20-6-10-23-11-7-20/h2-7,10-11H,8-9,12-17H2,1H3. The molecule has 1 amide bonds. The smallest absolute Gasteiger partial charge is 0.223 e. The summed E-state index contributed by atoms with van der Waals surface area (Å²) >= 11 is 0. The molecular weight excluding hydrogens is 322 g/mol. The van der Waals surface area contributed by atoms with Gasteiger partial charge in [-0.05, 0) is 61.5 Å². The minimum absolute atomic E-state index is 0.188. The second-order valence-electron chi connectivity index (χ2n) is 8.04. The topological polar surface area (TPSA) is 36.4 Å². The molecule has 2 aliphatic rings. The first kappa shape index (κ1) is 17.2. The Morgan fingerprint density at radius 3 is 2.31 bits per heavy atom. The number of hydrogen-bond donors (Lipinski definition) is 0. The molecule has 1 spiro atoms. The van der Waals surface area contributed by atoms with Crippen molar-refractivity contribution in [3.8, 4) is 0 Å². The molecule has 4 rings (SSSR count). The van der Waals surface area contributed by atoms with E-state index in [1.807, 2.05) is 17.0 Å². The minimum Gasteiger partial charge on any atom is -0.338 e. The number of amides is 1. The Morgan fingerprint density at radius 1 is 0.962 bits per heavy atom. The lowest BCUT2D eigenvalue weighted by Gasteiger charge is -2.38. The van der Waals surface area contributed by atoms with Crippen LogP contribution < -0.4 is 0 Å². The largest absolute Gasteiger partial charge is 0.338 e. The zero-order chi connectivity index (χ0) is 18.0. The van der Waals surface area contributed by atoms with Crippen molar-refractivity contribution in [2.75, 3.05) is 19.6 Å². The van der Waals surface area contributed by atoms with Gasteiger partial charge in [0, 0.05) is 38.4 Å². The van der Waals surface area contributed by atoms with E-state index in [-0.39, 0.29) is 5.41 Å². The van der Waals surface area contributed by atoms with Crippen LogP contribution in [0, 0.1) is 12.3 Å². The van der Waals surface area contributed by atoms with E-state index in [2.05, 4.69) is 41.1 Å². The molecule has 0 saturated carbocycles. The number of likely N-dealkylation sites (tertiary alicyclic amines) is 2. The third-order valence-corrected chi connectivity index (χ3v) is 5.97. The molecule has 2 fully saturated rings. The van der Waals surface area contributed by atoms with E-state index in [0.717, 1.165) is 52.0 Å². The summed E-state index contributed by atoms with van der Waals surface area (Å²) in [5, 5.41) is 0. The summed E-state index contributed by atoms with van der Waals surface area (Å²) in [6.45, 7) is 6.95. The highest BCUT2D eigenvalue weighted by molar-refractivity contribution is 5.79. The highest BCUT2D eigenvalue weighted by atomic mass is 16.2. The Balaban J connectivity index is 1.33. The molecule has 26 heavy (non-hydrogen) atoms. The highest BCUT2D eigenvalue weighted by Crippen LogP contribution is 2.41. The van der Waals surface area contributed by atoms with Gasteiger partial charge >= 0.3 is 0 Å². The number of pyridine rings is 1. The quantitative estimate of drug-likeness (QED) is 0.849. The molecule has 0 N–H and O–H groups in total. The summed E-state index contributed by atoms with van der Waals surface area (Å²) in [5.41, 5.74) is 4.05. The van der Waals surface area contributed by atoms with E-state index in [9.17, 15) is 4.79 Å². The zero-order valence-electron chi connectivity index (χ0n) is 15.5. The molecular formula is C22H27N3O. The van der Waals surface area contributed by atoms with Gasteiger partial charge in [-0.15, -0.1) is 0 Å². The maximum absolute atomic E-state index is 12.6. The number of benzene rings is 1. The van der Waals surface area contributed by atoms with E-state index in [0.29, 0.717) is 5.91 Å². The van der Waals surface area contributed by atoms with Gasteiger partial charge in [0.1, 0.15) is 0 Å². The molecule has 1 aromatic heterocycles. The molecule has 3 heterocycles. The van der Waals surface area contributed by atoms with Crippen molar-refractivity contribution in [3.05, 3.63) is 65.5 Å². The van der Waals surface area contributed by atoms with Crippen LogP contribution in [-0.2, 0) is 17.9 Å². The van der Waals surface area contributed by atoms with Gasteiger partial charge in [-0.25, -0.2) is 0 Å². The molecule has 0 radical (unpaired) electrons. The monoisotopic (exact) mass is 349 g/mol. The van der Waals surface area contributed by atoms with Gasteiger partial charge in [0.15, 0.2) is 0 Å². The number of aryl methyl sites for hydroxylation is 1. The summed E-state index contributed by atoms with van der Waals surface area (Å²) in [7, 11) is 0. The number of piperidine rings is 1. The summed E-state index contributed by atoms with van der Waals surface area (Å²) in [6, 6.07) is 12.8. The van der Waals surface area contributed by atoms with Crippen molar-refractivity contribution in [2.24, 2.45) is 5.41 Å². The molecule has 4 nitrogen and oxygen atoms in total. The predicted molar refractivity (Wildman–Crippen MR) is 102 cm³/mol. The van der Waals surface area contributed by atoms with Gasteiger partial charge < -0.3 is 4.90 Å². The molecule has 2 saturated heterocycles. The molecule has 2 aliphatic heterocycles. The number of aromatic nitrogens is 1. The number of rotatable bonds is 4. The fourth-order valence-corrected chi connectivity index (χ4v) is 4.31. The Morgan fingerprint density at radius 2 is 1.62 bits per heavy atom. The van der Waals surface area contributed by atoms with Crippen LogP contribution in [0.5, 0.6) is 0 Å². The molecule has 1 aromatic carbocycles. The van der Waals surface area contributed by atoms with Crippen molar-refractivity contribution in [1.29, 1.82) is 0 Å². The van der Waals surface area contributed by atoms with Crippen LogP contribution in [0.3, 0.4) is 0 Å². The summed E-state index contributed by atoms with van der Waals surface area (Å²) in [6.07, 6.45) is 6.57. The summed E-state index contributed by atoms with van der Waals surface area (Å²) < 4.78 is 0. The zero-order valence-corrected chi connectivity index (χ0v) is 15.5. The van der Waals surface area contributed by atoms with Gasteiger partial charge in [0.25, 0.3) is 0 Å². The van der Waals surface area contributed by atoms with E-state index in [4.69, 9.17) is 0 Å². The van der Waals surface area contributed by atoms with Crippen LogP contribution in [0.15, 0.2) is 48.8 Å². The van der Waals surface area contributed by atoms with Crippen LogP contribution in [-0.4, -0.2) is 40.3 Å². The van der Waals surface area contributed by atoms with Crippen molar-refractivity contribution in [3.63, 3.8) is 0 Å². The molecule has 2 aromatic rings. The average molecular weight is 349 g/mol. The second kappa shape index (κ2) is 7.20. The van der Waals surface area contributed by atoms with Crippen LogP contribution in [0.1, 0.15) is 36.0 Å². The van der Waals surface area contributed by atoms with E-state index in [1.165, 1.54) is 16.7 Å². The number of nitrogens with zero attached hydrogens (tertiary/aromatic N) is 3. The van der Waals surface area contributed by atoms with Crippen molar-refractivity contribution in [2.45, 2.75) is 39.3 Å². The number of carbonyl (C=O) groups is 1. The lowest BCUT2D eigenvalue weighted by molar-refractivity contribution is -0.128. The third-order valence-electron chi connectivity index (χ3n) is 5.97. The third kappa shape index (κ3) is 3.80. The molecule has 0 atom stereocenters. The predicted octanol–water partition coefficient (Wildman–Crippen LogP) is 3.40. The van der Waals surface area contributed by atoms with Crippen molar-refractivity contribution < 1.29 is 4.79 Å². The lowest BCUT2D eigenvalue weighted by Crippen LogP contribution is -2.41. The van der Waals surface area contributed by atoms with Crippen LogP contribution in [0.25, 0.3) is 0 Å². The van der Waals surface area contributed by atoms with Gasteiger partial charge in [-0.2, -0.15) is 0 Å². The van der Waals surface area contributed by atoms with Gasteiger partial charge in [-0.1, -0.05) is 29.8 Å². The Kier molecular flexibility index (Phi) is 4.77. The highest BCUT2D eigenvalue weighted by Gasteiger charge is 2.44. The SMILES string of the molecule is Cc1ccc(CN2CCC3(CC2)CC(=O)N(Cc2ccncc2)C3)cc1. The molecule has 0 aliphatic carbocycles. The second-order valence-corrected chi connectivity index (χ2v) is 8.04. The summed E-state index contributed by atoms with van der Waals surface area (Å²) in [4.78, 5) is 21.2. The summed E-state index contributed by atoms with van der Waals surface area (Å²) in [5.74, 6) is 0.314. The first-order valence-electron chi connectivity index (χ1n) is 9.57. The van der Waals surface area contributed by atoms with Crippen molar-refractivity contribution >= 4 is 5.91 Å². The first-order chi connectivity index (χ1) is 12.6. The molecule has 136 valence electrons. The Labute approximate surface area is 155 Å². The molecule has 0 unspecified atom stereocenters.